The zero-order chi connectivity index (χ0) is 27.2. The number of aromatic nitrogens is 2. The summed E-state index contributed by atoms with van der Waals surface area (Å²) in [5.74, 6) is 0.655. The Morgan fingerprint density at radius 1 is 1.10 bits per heavy atom. The molecular formula is C31H35N5O3. The number of hydrogen-bond acceptors (Lipinski definition) is 5. The first-order valence-electron chi connectivity index (χ1n) is 14.1. The fraction of sp³-hybridized carbons (Fsp3) is 0.452. The number of nitrogens with one attached hydrogen (secondary N) is 2. The van der Waals surface area contributed by atoms with Gasteiger partial charge in [0.25, 0.3) is 0 Å². The van der Waals surface area contributed by atoms with Crippen LogP contribution in [0.4, 0.5) is 10.6 Å². The van der Waals surface area contributed by atoms with Gasteiger partial charge in [0.1, 0.15) is 17.6 Å². The molecule has 0 bridgehead atoms. The largest absolute Gasteiger partial charge is 0.336 e. The van der Waals surface area contributed by atoms with Crippen molar-refractivity contribution in [2.75, 3.05) is 5.32 Å². The van der Waals surface area contributed by atoms with Gasteiger partial charge in [-0.15, -0.1) is 0 Å². The highest BCUT2D eigenvalue weighted by atomic mass is 16.2. The van der Waals surface area contributed by atoms with Gasteiger partial charge < -0.3 is 20.3 Å². The van der Waals surface area contributed by atoms with E-state index < -0.39 is 11.0 Å². The molecule has 1 saturated carbocycles. The summed E-state index contributed by atoms with van der Waals surface area (Å²) in [5.41, 5.74) is 3.52. The topological polar surface area (TPSA) is 104 Å². The Bertz CT molecular complexity index is 1460. The lowest BCUT2D eigenvalue weighted by molar-refractivity contribution is -0.120. The molecule has 3 aromatic rings. The number of carbonyl (C=O) groups excluding carboxylic acids is 3. The maximum absolute atomic E-state index is 13.4. The Morgan fingerprint density at radius 3 is 2.56 bits per heavy atom. The normalized spacial score (nSPS) is 21.4. The van der Waals surface area contributed by atoms with Crippen molar-refractivity contribution in [2.45, 2.75) is 88.8 Å². The Kier molecular flexibility index (Phi) is 6.36. The van der Waals surface area contributed by atoms with Crippen molar-refractivity contribution in [3.63, 3.8) is 0 Å². The second-order valence-corrected chi connectivity index (χ2v) is 11.8. The van der Waals surface area contributed by atoms with Crippen molar-refractivity contribution in [1.29, 1.82) is 0 Å². The van der Waals surface area contributed by atoms with E-state index in [0.717, 1.165) is 65.1 Å². The number of fused-ring (bicyclic) bond motifs is 4. The van der Waals surface area contributed by atoms with Gasteiger partial charge in [0.05, 0.1) is 10.9 Å². The molecule has 1 spiro atoms. The summed E-state index contributed by atoms with van der Waals surface area (Å²) in [6.07, 6.45) is 11.1. The van der Waals surface area contributed by atoms with E-state index in [-0.39, 0.29) is 18.0 Å². The third kappa shape index (κ3) is 4.36. The first-order valence-corrected chi connectivity index (χ1v) is 14.1. The van der Waals surface area contributed by atoms with Crippen LogP contribution in [0.5, 0.6) is 0 Å². The van der Waals surface area contributed by atoms with E-state index in [1.165, 1.54) is 0 Å². The number of hydrogen-bond donors (Lipinski definition) is 2. The quantitative estimate of drug-likeness (QED) is 0.367. The predicted molar refractivity (Wildman–Crippen MR) is 149 cm³/mol. The lowest BCUT2D eigenvalue weighted by atomic mass is 9.79. The Balaban J connectivity index is 1.33. The van der Waals surface area contributed by atoms with Crippen LogP contribution >= 0.6 is 0 Å². The molecule has 0 radical (unpaired) electrons. The van der Waals surface area contributed by atoms with E-state index in [4.69, 9.17) is 4.98 Å². The summed E-state index contributed by atoms with van der Waals surface area (Å²) in [5, 5.41) is 6.95. The molecule has 3 aliphatic rings. The number of aldehydes is 1. The molecule has 1 aliphatic heterocycles. The smallest absolute Gasteiger partial charge is 0.318 e. The molecule has 8 heteroatoms. The molecule has 3 amide bonds. The molecule has 39 heavy (non-hydrogen) atoms. The molecule has 8 nitrogen and oxygen atoms in total. The Morgan fingerprint density at radius 2 is 1.85 bits per heavy atom. The van der Waals surface area contributed by atoms with Crippen LogP contribution in [0.1, 0.15) is 74.6 Å². The van der Waals surface area contributed by atoms with Crippen molar-refractivity contribution in [2.24, 2.45) is 0 Å². The van der Waals surface area contributed by atoms with Gasteiger partial charge in [-0.05, 0) is 80.5 Å². The second-order valence-electron chi connectivity index (χ2n) is 11.8. The molecule has 3 heterocycles. The monoisotopic (exact) mass is 525 g/mol. The molecule has 2 aromatic heterocycles. The van der Waals surface area contributed by atoms with Gasteiger partial charge in [0, 0.05) is 35.9 Å². The summed E-state index contributed by atoms with van der Waals surface area (Å²) in [7, 11) is 0. The maximum Gasteiger partial charge on any atom is 0.318 e. The van der Waals surface area contributed by atoms with Crippen LogP contribution in [-0.4, -0.2) is 44.7 Å². The maximum atomic E-state index is 13.4. The zero-order valence-corrected chi connectivity index (χ0v) is 22.6. The number of urea groups is 1. The van der Waals surface area contributed by atoms with Crippen LogP contribution in [0.25, 0.3) is 10.9 Å². The first-order chi connectivity index (χ1) is 18.8. The highest BCUT2D eigenvalue weighted by molar-refractivity contribution is 6.06. The van der Waals surface area contributed by atoms with Crippen LogP contribution in [0.3, 0.4) is 0 Å². The predicted octanol–water partition coefficient (Wildman–Crippen LogP) is 4.83. The van der Waals surface area contributed by atoms with Gasteiger partial charge >= 0.3 is 6.03 Å². The van der Waals surface area contributed by atoms with E-state index >= 15 is 0 Å². The van der Waals surface area contributed by atoms with E-state index in [1.54, 1.807) is 11.1 Å². The number of rotatable bonds is 5. The molecule has 0 saturated heterocycles. The molecule has 1 fully saturated rings. The molecule has 202 valence electrons. The number of benzene rings is 1. The highest BCUT2D eigenvalue weighted by Gasteiger charge is 2.51. The lowest BCUT2D eigenvalue weighted by Crippen LogP contribution is -2.56. The van der Waals surface area contributed by atoms with Crippen molar-refractivity contribution in [3.05, 3.63) is 65.0 Å². The summed E-state index contributed by atoms with van der Waals surface area (Å²) in [6.45, 7) is 4.17. The van der Waals surface area contributed by atoms with Gasteiger partial charge in [-0.2, -0.15) is 0 Å². The number of nitrogens with zero attached hydrogens (tertiary/aromatic N) is 3. The summed E-state index contributed by atoms with van der Waals surface area (Å²) < 4.78 is 0. The van der Waals surface area contributed by atoms with E-state index in [1.807, 2.05) is 32.2 Å². The second kappa shape index (κ2) is 9.74. The minimum Gasteiger partial charge on any atom is -0.336 e. The van der Waals surface area contributed by atoms with Crippen LogP contribution in [0, 0.1) is 0 Å². The Hall–Kier alpha value is -3.81. The van der Waals surface area contributed by atoms with Crippen LogP contribution in [0.15, 0.2) is 42.7 Å². The number of pyridine rings is 2. The van der Waals surface area contributed by atoms with Gasteiger partial charge in [0.2, 0.25) is 5.91 Å². The number of amides is 3. The average molecular weight is 526 g/mol. The number of anilines is 1. The van der Waals surface area contributed by atoms with Crippen molar-refractivity contribution in [1.82, 2.24) is 20.2 Å². The lowest BCUT2D eigenvalue weighted by Gasteiger charge is -2.40. The minimum absolute atomic E-state index is 0.000489. The first kappa shape index (κ1) is 25.5. The standard InChI is InChI=1S/C31H35N5O3/c1-20(2)34-29(39)36(30(19-37)9-5-3-4-6-10-30)18-21-12-22-13-23-15-31(16-24(23)14-26(22)33-17-21)25-8-7-11-32-27(25)35-28(31)38/h7-8,11-14,17,19-20H,3-6,9-10,15-16,18H2,1-2H3,(H,34,39)(H,32,35,38)/t31-/m0/s1. The zero-order valence-electron chi connectivity index (χ0n) is 22.6. The molecular weight excluding hydrogens is 490 g/mol. The van der Waals surface area contributed by atoms with E-state index in [2.05, 4.69) is 33.8 Å². The number of carbonyl (C=O) groups is 3. The van der Waals surface area contributed by atoms with Gasteiger partial charge in [-0.3, -0.25) is 9.78 Å². The van der Waals surface area contributed by atoms with E-state index in [0.29, 0.717) is 38.0 Å². The molecule has 6 rings (SSSR count). The molecule has 1 atom stereocenters. The van der Waals surface area contributed by atoms with Crippen LogP contribution in [-0.2, 0) is 34.4 Å². The third-order valence-corrected chi connectivity index (χ3v) is 8.76. The highest BCUT2D eigenvalue weighted by Crippen LogP contribution is 2.47. The minimum atomic E-state index is -0.813. The van der Waals surface area contributed by atoms with Crippen molar-refractivity contribution < 1.29 is 14.4 Å². The molecule has 0 unspecified atom stereocenters. The van der Waals surface area contributed by atoms with Gasteiger partial charge in [0.15, 0.2) is 0 Å². The molecule has 1 aromatic carbocycles. The molecule has 2 aliphatic carbocycles. The summed E-state index contributed by atoms with van der Waals surface area (Å²) in [6, 6.07) is 9.93. The Labute approximate surface area is 228 Å². The summed E-state index contributed by atoms with van der Waals surface area (Å²) >= 11 is 0. The van der Waals surface area contributed by atoms with Gasteiger partial charge in [-0.1, -0.05) is 31.7 Å². The van der Waals surface area contributed by atoms with Crippen molar-refractivity contribution >= 4 is 34.9 Å². The SMILES string of the molecule is CC(C)NC(=O)N(Cc1cnc2cc3c(cc2c1)C[C@@]1(C3)C(=O)Nc2ncccc21)C1(C=O)CCCCCC1. The summed E-state index contributed by atoms with van der Waals surface area (Å²) in [4.78, 5) is 50.0. The fourth-order valence-electron chi connectivity index (χ4n) is 6.76. The van der Waals surface area contributed by atoms with Crippen molar-refractivity contribution in [3.8, 4) is 0 Å². The fourth-order valence-corrected chi connectivity index (χ4v) is 6.76. The third-order valence-electron chi connectivity index (χ3n) is 8.76. The van der Waals surface area contributed by atoms with E-state index in [9.17, 15) is 14.4 Å². The average Bonchev–Trinajstić information content (AvgIpc) is 3.30. The van der Waals surface area contributed by atoms with Crippen LogP contribution < -0.4 is 10.6 Å². The van der Waals surface area contributed by atoms with Crippen LogP contribution in [0.2, 0.25) is 0 Å². The molecule has 2 N–H and O–H groups in total. The van der Waals surface area contributed by atoms with Gasteiger partial charge in [-0.25, -0.2) is 9.78 Å².